The van der Waals surface area contributed by atoms with E-state index in [0.29, 0.717) is 35.6 Å². The molecule has 4 aromatic rings. The molecule has 0 saturated heterocycles. The van der Waals surface area contributed by atoms with E-state index in [9.17, 15) is 4.79 Å². The van der Waals surface area contributed by atoms with Crippen LogP contribution in [0.4, 0.5) is 5.82 Å². The second-order valence-electron chi connectivity index (χ2n) is 7.58. The van der Waals surface area contributed by atoms with Gasteiger partial charge < -0.3 is 16.2 Å². The van der Waals surface area contributed by atoms with E-state index in [4.69, 9.17) is 16.2 Å². The first kappa shape index (κ1) is 21.3. The topological polar surface area (TPSA) is 91.2 Å². The van der Waals surface area contributed by atoms with Gasteiger partial charge >= 0.3 is 0 Å². The molecule has 1 unspecified atom stereocenters. The number of aromatic nitrogens is 1. The minimum Gasteiger partial charge on any atom is -0.488 e. The fraction of sp³-hybridized carbons (Fsp3) is 0.111. The van der Waals surface area contributed by atoms with E-state index < -0.39 is 6.04 Å². The van der Waals surface area contributed by atoms with E-state index in [0.717, 1.165) is 23.0 Å². The van der Waals surface area contributed by atoms with Crippen molar-refractivity contribution in [2.24, 2.45) is 5.73 Å². The van der Waals surface area contributed by atoms with Crippen molar-refractivity contribution in [3.63, 3.8) is 0 Å². The summed E-state index contributed by atoms with van der Waals surface area (Å²) in [7, 11) is 0. The Morgan fingerprint density at radius 1 is 0.875 bits per heavy atom. The van der Waals surface area contributed by atoms with E-state index in [-0.39, 0.29) is 5.82 Å². The highest BCUT2D eigenvalue weighted by molar-refractivity contribution is 5.86. The van der Waals surface area contributed by atoms with E-state index >= 15 is 0 Å². The van der Waals surface area contributed by atoms with Crippen LogP contribution in [-0.4, -0.2) is 11.3 Å². The Hall–Kier alpha value is -3.96. The third kappa shape index (κ3) is 4.85. The summed E-state index contributed by atoms with van der Waals surface area (Å²) < 4.78 is 6.09. The van der Waals surface area contributed by atoms with Crippen LogP contribution in [0.25, 0.3) is 11.3 Å². The predicted molar refractivity (Wildman–Crippen MR) is 127 cm³/mol. The second kappa shape index (κ2) is 9.90. The Balaban J connectivity index is 1.68. The van der Waals surface area contributed by atoms with Crippen LogP contribution in [-0.2, 0) is 13.0 Å². The number of pyridine rings is 1. The number of benzene rings is 3. The van der Waals surface area contributed by atoms with Gasteiger partial charge in [-0.3, -0.25) is 4.79 Å². The molecule has 32 heavy (non-hydrogen) atoms. The summed E-state index contributed by atoms with van der Waals surface area (Å²) in [6, 6.07) is 29.0. The highest BCUT2D eigenvalue weighted by Crippen LogP contribution is 2.33. The van der Waals surface area contributed by atoms with Crippen LogP contribution in [0.5, 0.6) is 5.75 Å². The Morgan fingerprint density at radius 3 is 2.19 bits per heavy atom. The van der Waals surface area contributed by atoms with Gasteiger partial charge in [-0.25, -0.2) is 4.98 Å². The summed E-state index contributed by atoms with van der Waals surface area (Å²) in [6.07, 6.45) is 1.31. The van der Waals surface area contributed by atoms with Crippen molar-refractivity contribution in [1.82, 2.24) is 4.98 Å². The van der Waals surface area contributed by atoms with Gasteiger partial charge in [0.05, 0.1) is 11.3 Å². The van der Waals surface area contributed by atoms with Gasteiger partial charge in [-0.2, -0.15) is 0 Å². The van der Waals surface area contributed by atoms with Crippen molar-refractivity contribution < 1.29 is 9.53 Å². The van der Waals surface area contributed by atoms with Crippen LogP contribution in [0.2, 0.25) is 0 Å². The van der Waals surface area contributed by atoms with Gasteiger partial charge in [0.2, 0.25) is 0 Å². The van der Waals surface area contributed by atoms with Crippen molar-refractivity contribution >= 4 is 12.1 Å². The number of para-hydroxylation sites is 1. The van der Waals surface area contributed by atoms with E-state index in [1.807, 2.05) is 91.0 Å². The zero-order valence-corrected chi connectivity index (χ0v) is 17.6. The second-order valence-corrected chi connectivity index (χ2v) is 7.58. The molecule has 1 heterocycles. The van der Waals surface area contributed by atoms with E-state index in [2.05, 4.69) is 4.98 Å². The molecule has 0 aliphatic carbocycles. The predicted octanol–water partition coefficient (Wildman–Crippen LogP) is 4.96. The van der Waals surface area contributed by atoms with Crippen LogP contribution in [0.1, 0.15) is 33.1 Å². The zero-order valence-electron chi connectivity index (χ0n) is 17.6. The quantitative estimate of drug-likeness (QED) is 0.391. The molecular formula is C27H25N3O2. The highest BCUT2D eigenvalue weighted by atomic mass is 16.5. The summed E-state index contributed by atoms with van der Waals surface area (Å²) in [6.45, 7) is 0.431. The number of rotatable bonds is 8. The van der Waals surface area contributed by atoms with Crippen LogP contribution in [0.3, 0.4) is 0 Å². The maximum Gasteiger partial charge on any atom is 0.154 e. The first-order valence-electron chi connectivity index (χ1n) is 10.5. The molecule has 0 aliphatic rings. The number of nitrogens with zero attached hydrogens (tertiary/aromatic N) is 1. The lowest BCUT2D eigenvalue weighted by molar-refractivity contribution is 0.112. The van der Waals surface area contributed by atoms with Gasteiger partial charge in [0.15, 0.2) is 6.29 Å². The van der Waals surface area contributed by atoms with Gasteiger partial charge in [0.25, 0.3) is 0 Å². The number of anilines is 1. The molecule has 3 aromatic carbocycles. The SMILES string of the molecule is Nc1nc(-c2ccccc2OCc2ccccc2)cc(C(N)Cc2ccccc2)c1C=O. The van der Waals surface area contributed by atoms with Crippen LogP contribution >= 0.6 is 0 Å². The number of hydrogen-bond donors (Lipinski definition) is 2. The maximum atomic E-state index is 11.8. The number of nitrogens with two attached hydrogens (primary N) is 2. The highest BCUT2D eigenvalue weighted by Gasteiger charge is 2.19. The Morgan fingerprint density at radius 2 is 1.50 bits per heavy atom. The number of nitrogen functional groups attached to an aromatic ring is 1. The number of ether oxygens (including phenoxy) is 1. The minimum atomic E-state index is -0.404. The molecule has 1 atom stereocenters. The van der Waals surface area contributed by atoms with Crippen LogP contribution < -0.4 is 16.2 Å². The van der Waals surface area contributed by atoms with Crippen LogP contribution in [0.15, 0.2) is 91.0 Å². The number of aldehydes is 1. The monoisotopic (exact) mass is 423 g/mol. The number of hydrogen-bond acceptors (Lipinski definition) is 5. The van der Waals surface area contributed by atoms with Gasteiger partial charge in [-0.15, -0.1) is 0 Å². The lowest BCUT2D eigenvalue weighted by Gasteiger charge is -2.18. The maximum absolute atomic E-state index is 11.8. The molecule has 5 nitrogen and oxygen atoms in total. The summed E-state index contributed by atoms with van der Waals surface area (Å²) in [4.78, 5) is 16.3. The average molecular weight is 424 g/mol. The first-order valence-corrected chi connectivity index (χ1v) is 10.5. The molecule has 0 fully saturated rings. The molecule has 160 valence electrons. The number of carbonyl (C=O) groups is 1. The van der Waals surface area contributed by atoms with E-state index in [1.54, 1.807) is 0 Å². The smallest absolute Gasteiger partial charge is 0.154 e. The van der Waals surface area contributed by atoms with Crippen molar-refractivity contribution in [3.8, 4) is 17.0 Å². The lowest BCUT2D eigenvalue weighted by Crippen LogP contribution is -2.17. The third-order valence-corrected chi connectivity index (χ3v) is 5.34. The molecule has 0 amide bonds. The Kier molecular flexibility index (Phi) is 6.58. The molecular weight excluding hydrogens is 398 g/mol. The molecule has 1 aromatic heterocycles. The molecule has 5 heteroatoms. The molecule has 0 bridgehead atoms. The molecule has 0 spiro atoms. The van der Waals surface area contributed by atoms with Crippen LogP contribution in [0, 0.1) is 0 Å². The average Bonchev–Trinajstić information content (AvgIpc) is 2.83. The number of carbonyl (C=O) groups excluding carboxylic acids is 1. The van der Waals surface area contributed by atoms with Crippen molar-refractivity contribution in [1.29, 1.82) is 0 Å². The van der Waals surface area contributed by atoms with Gasteiger partial charge in [-0.05, 0) is 41.3 Å². The van der Waals surface area contributed by atoms with Crippen molar-refractivity contribution in [3.05, 3.63) is 113 Å². The normalized spacial score (nSPS) is 11.7. The summed E-state index contributed by atoms with van der Waals surface area (Å²) in [5.74, 6) is 0.846. The molecule has 4 rings (SSSR count). The molecule has 0 saturated carbocycles. The summed E-state index contributed by atoms with van der Waals surface area (Å²) in [5.41, 5.74) is 17.3. The lowest BCUT2D eigenvalue weighted by atomic mass is 9.94. The standard InChI is InChI=1S/C27H25N3O2/c28-24(15-19-9-3-1-4-10-19)22-16-25(30-27(29)23(22)17-31)21-13-7-8-14-26(21)32-18-20-11-5-2-6-12-20/h1-14,16-17,24H,15,18,28H2,(H2,29,30). The Labute approximate surface area is 187 Å². The van der Waals surface area contributed by atoms with Gasteiger partial charge in [-0.1, -0.05) is 72.8 Å². The van der Waals surface area contributed by atoms with Gasteiger partial charge in [0, 0.05) is 11.6 Å². The largest absolute Gasteiger partial charge is 0.488 e. The zero-order chi connectivity index (χ0) is 22.3. The fourth-order valence-corrected chi connectivity index (χ4v) is 3.69. The Bertz CT molecular complexity index is 1190. The molecule has 0 radical (unpaired) electrons. The summed E-state index contributed by atoms with van der Waals surface area (Å²) >= 11 is 0. The minimum absolute atomic E-state index is 0.161. The van der Waals surface area contributed by atoms with Gasteiger partial charge in [0.1, 0.15) is 18.2 Å². The third-order valence-electron chi connectivity index (χ3n) is 5.34. The van der Waals surface area contributed by atoms with E-state index in [1.165, 1.54) is 0 Å². The summed E-state index contributed by atoms with van der Waals surface area (Å²) in [5, 5.41) is 0. The van der Waals surface area contributed by atoms with Crippen molar-refractivity contribution in [2.75, 3.05) is 5.73 Å². The first-order chi connectivity index (χ1) is 15.7. The molecule has 0 aliphatic heterocycles. The molecule has 4 N–H and O–H groups in total. The van der Waals surface area contributed by atoms with Crippen molar-refractivity contribution in [2.45, 2.75) is 19.1 Å². The fourth-order valence-electron chi connectivity index (χ4n) is 3.69.